The number of benzene rings is 1. The molecule has 0 unspecified atom stereocenters. The van der Waals surface area contributed by atoms with E-state index in [4.69, 9.17) is 0 Å². The molecule has 0 radical (unpaired) electrons. The van der Waals surface area contributed by atoms with Gasteiger partial charge in [0, 0.05) is 18.5 Å². The van der Waals surface area contributed by atoms with Crippen LogP contribution in [0.5, 0.6) is 0 Å². The molecule has 2 rings (SSSR count). The molecule has 1 N–H and O–H groups in total. The number of hydrogen-bond donors (Lipinski definition) is 1. The molecular weight excluding hydrogens is 289 g/mol. The van der Waals surface area contributed by atoms with Gasteiger partial charge >= 0.3 is 6.18 Å². The Morgan fingerprint density at radius 1 is 1.19 bits per heavy atom. The van der Waals surface area contributed by atoms with Crippen LogP contribution >= 0.6 is 0 Å². The van der Waals surface area contributed by atoms with Crippen LogP contribution in [0.15, 0.2) is 24.3 Å². The highest BCUT2D eigenvalue weighted by Crippen LogP contribution is 2.30. The van der Waals surface area contributed by atoms with Crippen LogP contribution in [0.1, 0.15) is 18.4 Å². The number of halogens is 3. The average molecular weight is 300 g/mol. The Kier molecular flexibility index (Phi) is 3.97. The molecule has 0 bridgehead atoms. The zero-order chi connectivity index (χ0) is 15.6. The fourth-order valence-electron chi connectivity index (χ4n) is 1.92. The first-order chi connectivity index (χ1) is 9.77. The number of carbonyl (C=O) groups is 3. The van der Waals surface area contributed by atoms with Crippen molar-refractivity contribution in [2.75, 3.05) is 11.9 Å². The van der Waals surface area contributed by atoms with Gasteiger partial charge < -0.3 is 5.32 Å². The smallest absolute Gasteiger partial charge is 0.325 e. The third-order valence-corrected chi connectivity index (χ3v) is 2.93. The molecule has 1 aromatic carbocycles. The van der Waals surface area contributed by atoms with Crippen molar-refractivity contribution in [1.82, 2.24) is 4.90 Å². The Bertz CT molecular complexity index is 583. The van der Waals surface area contributed by atoms with E-state index < -0.39 is 36.0 Å². The van der Waals surface area contributed by atoms with E-state index in [1.165, 1.54) is 6.07 Å². The van der Waals surface area contributed by atoms with E-state index in [1.807, 2.05) is 0 Å². The molecule has 1 aromatic rings. The molecule has 5 nitrogen and oxygen atoms in total. The summed E-state index contributed by atoms with van der Waals surface area (Å²) >= 11 is 0. The summed E-state index contributed by atoms with van der Waals surface area (Å²) in [4.78, 5) is 35.1. The van der Waals surface area contributed by atoms with Crippen molar-refractivity contribution in [3.8, 4) is 0 Å². The van der Waals surface area contributed by atoms with E-state index in [0.717, 1.165) is 23.1 Å². The monoisotopic (exact) mass is 300 g/mol. The molecule has 112 valence electrons. The molecule has 0 aromatic heterocycles. The molecule has 0 saturated carbocycles. The minimum absolute atomic E-state index is 0.0473. The summed E-state index contributed by atoms with van der Waals surface area (Å²) in [6, 6.07) is 4.11. The summed E-state index contributed by atoms with van der Waals surface area (Å²) < 4.78 is 37.6. The average Bonchev–Trinajstić information content (AvgIpc) is 2.70. The maximum atomic E-state index is 12.5. The first-order valence-electron chi connectivity index (χ1n) is 6.07. The number of anilines is 1. The summed E-state index contributed by atoms with van der Waals surface area (Å²) in [6.45, 7) is -0.492. The number of rotatable bonds is 3. The van der Waals surface area contributed by atoms with Gasteiger partial charge in [-0.15, -0.1) is 0 Å². The van der Waals surface area contributed by atoms with Crippen molar-refractivity contribution < 1.29 is 27.6 Å². The van der Waals surface area contributed by atoms with Gasteiger partial charge in [-0.2, -0.15) is 13.2 Å². The first kappa shape index (κ1) is 15.0. The topological polar surface area (TPSA) is 66.5 Å². The lowest BCUT2D eigenvalue weighted by atomic mass is 10.2. The molecule has 1 saturated heterocycles. The van der Waals surface area contributed by atoms with Crippen LogP contribution in [0.25, 0.3) is 0 Å². The Morgan fingerprint density at radius 3 is 2.38 bits per heavy atom. The van der Waals surface area contributed by atoms with Crippen LogP contribution in [0.3, 0.4) is 0 Å². The quantitative estimate of drug-likeness (QED) is 0.866. The van der Waals surface area contributed by atoms with Crippen molar-refractivity contribution >= 4 is 23.4 Å². The predicted octanol–water partition coefficient (Wildman–Crippen LogP) is 1.79. The van der Waals surface area contributed by atoms with Crippen LogP contribution in [0.2, 0.25) is 0 Å². The molecule has 0 aliphatic carbocycles. The number of nitrogens with zero attached hydrogens (tertiary/aromatic N) is 1. The van der Waals surface area contributed by atoms with Crippen LogP contribution in [0.4, 0.5) is 18.9 Å². The maximum absolute atomic E-state index is 12.5. The SMILES string of the molecule is O=C(CN1C(=O)CCC1=O)Nc1cccc(C(F)(F)F)c1. The molecule has 21 heavy (non-hydrogen) atoms. The lowest BCUT2D eigenvalue weighted by molar-refractivity contribution is -0.141. The lowest BCUT2D eigenvalue weighted by Gasteiger charge is -2.14. The summed E-state index contributed by atoms with van der Waals surface area (Å²) in [6.07, 6.45) is -4.41. The Labute approximate surface area is 117 Å². The molecule has 1 heterocycles. The van der Waals surface area contributed by atoms with Gasteiger partial charge in [-0.3, -0.25) is 19.3 Å². The van der Waals surface area contributed by atoms with E-state index in [1.54, 1.807) is 0 Å². The first-order valence-corrected chi connectivity index (χ1v) is 6.07. The minimum atomic E-state index is -4.51. The van der Waals surface area contributed by atoms with Crippen LogP contribution in [0, 0.1) is 0 Å². The van der Waals surface area contributed by atoms with E-state index in [9.17, 15) is 27.6 Å². The van der Waals surface area contributed by atoms with Gasteiger partial charge in [0.25, 0.3) is 0 Å². The highest BCUT2D eigenvalue weighted by molar-refractivity contribution is 6.06. The van der Waals surface area contributed by atoms with Crippen LogP contribution < -0.4 is 5.32 Å². The van der Waals surface area contributed by atoms with Crippen LogP contribution in [-0.4, -0.2) is 29.2 Å². The number of hydrogen-bond acceptors (Lipinski definition) is 3. The molecular formula is C13H11F3N2O3. The summed E-state index contributed by atoms with van der Waals surface area (Å²) in [7, 11) is 0. The van der Waals surface area contributed by atoms with Crippen LogP contribution in [-0.2, 0) is 20.6 Å². The number of likely N-dealkylation sites (tertiary alicyclic amines) is 1. The van der Waals surface area contributed by atoms with Gasteiger partial charge in [-0.25, -0.2) is 0 Å². The standard InChI is InChI=1S/C13H11F3N2O3/c14-13(15,16)8-2-1-3-9(6-8)17-10(19)7-18-11(20)4-5-12(18)21/h1-3,6H,4-5,7H2,(H,17,19). The number of imide groups is 1. The van der Waals surface area contributed by atoms with Gasteiger partial charge in [-0.1, -0.05) is 6.07 Å². The second kappa shape index (κ2) is 5.55. The van der Waals surface area contributed by atoms with Crippen molar-refractivity contribution in [3.63, 3.8) is 0 Å². The van der Waals surface area contributed by atoms with E-state index in [-0.39, 0.29) is 18.5 Å². The number of alkyl halides is 3. The Morgan fingerprint density at radius 2 is 1.81 bits per heavy atom. The Balaban J connectivity index is 2.03. The second-order valence-electron chi connectivity index (χ2n) is 4.50. The fourth-order valence-corrected chi connectivity index (χ4v) is 1.92. The van der Waals surface area contributed by atoms with Crippen molar-refractivity contribution in [2.24, 2.45) is 0 Å². The largest absolute Gasteiger partial charge is 0.416 e. The summed E-state index contributed by atoms with van der Waals surface area (Å²) in [5, 5.41) is 2.24. The third kappa shape index (κ3) is 3.59. The predicted molar refractivity (Wildman–Crippen MR) is 66.0 cm³/mol. The maximum Gasteiger partial charge on any atom is 0.416 e. The van der Waals surface area contributed by atoms with Gasteiger partial charge in [0.1, 0.15) is 6.54 Å². The van der Waals surface area contributed by atoms with Gasteiger partial charge in [-0.05, 0) is 18.2 Å². The zero-order valence-corrected chi connectivity index (χ0v) is 10.7. The molecule has 1 fully saturated rings. The molecule has 3 amide bonds. The van der Waals surface area contributed by atoms with Crippen molar-refractivity contribution in [3.05, 3.63) is 29.8 Å². The second-order valence-corrected chi connectivity index (χ2v) is 4.50. The lowest BCUT2D eigenvalue weighted by Crippen LogP contribution is -2.36. The van der Waals surface area contributed by atoms with Gasteiger partial charge in [0.05, 0.1) is 5.56 Å². The molecule has 8 heteroatoms. The minimum Gasteiger partial charge on any atom is -0.325 e. The summed E-state index contributed by atoms with van der Waals surface area (Å²) in [5.41, 5.74) is -0.942. The van der Waals surface area contributed by atoms with E-state index in [0.29, 0.717) is 0 Å². The number of nitrogens with one attached hydrogen (secondary N) is 1. The highest BCUT2D eigenvalue weighted by Gasteiger charge is 2.32. The molecule has 0 atom stereocenters. The highest BCUT2D eigenvalue weighted by atomic mass is 19.4. The number of amides is 3. The molecule has 1 aliphatic heterocycles. The fraction of sp³-hybridized carbons (Fsp3) is 0.308. The summed E-state index contributed by atoms with van der Waals surface area (Å²) in [5.74, 6) is -1.64. The van der Waals surface area contributed by atoms with Gasteiger partial charge in [0.15, 0.2) is 0 Å². The normalized spacial score (nSPS) is 15.5. The van der Waals surface area contributed by atoms with Crippen molar-refractivity contribution in [1.29, 1.82) is 0 Å². The van der Waals surface area contributed by atoms with Gasteiger partial charge in [0.2, 0.25) is 17.7 Å². The number of carbonyl (C=O) groups excluding carboxylic acids is 3. The molecule has 1 aliphatic rings. The van der Waals surface area contributed by atoms with E-state index in [2.05, 4.69) is 5.32 Å². The zero-order valence-electron chi connectivity index (χ0n) is 10.7. The van der Waals surface area contributed by atoms with Crippen molar-refractivity contribution in [2.45, 2.75) is 19.0 Å². The third-order valence-electron chi connectivity index (χ3n) is 2.93. The molecule has 0 spiro atoms. The van der Waals surface area contributed by atoms with E-state index >= 15 is 0 Å². The Hall–Kier alpha value is -2.38.